The Morgan fingerprint density at radius 2 is 1.81 bits per heavy atom. The average Bonchev–Trinajstić information content (AvgIpc) is 2.51. The lowest BCUT2D eigenvalue weighted by atomic mass is 9.98. The number of nitrogens with one attached hydrogen (secondary N) is 1. The van der Waals surface area contributed by atoms with Crippen molar-refractivity contribution in [2.24, 2.45) is 0 Å². The van der Waals surface area contributed by atoms with E-state index in [1.165, 1.54) is 16.7 Å². The van der Waals surface area contributed by atoms with Crippen LogP contribution in [0.25, 0.3) is 0 Å². The Hall–Kier alpha value is -1.80. The first kappa shape index (κ1) is 15.6. The van der Waals surface area contributed by atoms with Crippen LogP contribution in [0, 0.1) is 6.92 Å². The maximum Gasteiger partial charge on any atom is 0.119 e. The van der Waals surface area contributed by atoms with E-state index in [4.69, 9.17) is 4.74 Å². The van der Waals surface area contributed by atoms with Gasteiger partial charge >= 0.3 is 0 Å². The van der Waals surface area contributed by atoms with Gasteiger partial charge < -0.3 is 10.1 Å². The maximum atomic E-state index is 5.29. The van der Waals surface area contributed by atoms with Gasteiger partial charge in [0.05, 0.1) is 7.11 Å². The highest BCUT2D eigenvalue weighted by Gasteiger charge is 2.08. The van der Waals surface area contributed by atoms with Gasteiger partial charge in [0.25, 0.3) is 0 Å². The molecule has 112 valence electrons. The number of methoxy groups -OCH3 is 1. The minimum absolute atomic E-state index is 0.484. The molecule has 2 aromatic rings. The summed E-state index contributed by atoms with van der Waals surface area (Å²) < 4.78 is 5.29. The minimum Gasteiger partial charge on any atom is -0.497 e. The van der Waals surface area contributed by atoms with Gasteiger partial charge in [-0.2, -0.15) is 0 Å². The Labute approximate surface area is 128 Å². The van der Waals surface area contributed by atoms with E-state index < -0.39 is 0 Å². The molecule has 0 spiro atoms. The van der Waals surface area contributed by atoms with Crippen molar-refractivity contribution in [3.05, 3.63) is 65.2 Å². The molecule has 0 radical (unpaired) electrons. The fourth-order valence-corrected chi connectivity index (χ4v) is 2.64. The molecule has 2 nitrogen and oxygen atoms in total. The SMILES string of the molecule is CNC(CCc1cccc(C)c1)Cc1cccc(OC)c1. The van der Waals surface area contributed by atoms with Gasteiger partial charge in [-0.3, -0.25) is 0 Å². The van der Waals surface area contributed by atoms with Gasteiger partial charge in [0.2, 0.25) is 0 Å². The zero-order valence-electron chi connectivity index (χ0n) is 13.2. The summed E-state index contributed by atoms with van der Waals surface area (Å²) >= 11 is 0. The minimum atomic E-state index is 0.484. The van der Waals surface area contributed by atoms with Crippen LogP contribution in [-0.4, -0.2) is 20.2 Å². The quantitative estimate of drug-likeness (QED) is 0.835. The van der Waals surface area contributed by atoms with Gasteiger partial charge in [0, 0.05) is 6.04 Å². The third-order valence-corrected chi connectivity index (χ3v) is 3.89. The second-order valence-electron chi connectivity index (χ2n) is 5.57. The van der Waals surface area contributed by atoms with Crippen molar-refractivity contribution in [2.75, 3.05) is 14.2 Å². The molecule has 1 atom stereocenters. The summed E-state index contributed by atoms with van der Waals surface area (Å²) in [5.74, 6) is 0.932. The fourth-order valence-electron chi connectivity index (χ4n) is 2.64. The molecule has 0 aliphatic heterocycles. The van der Waals surface area contributed by atoms with E-state index in [1.807, 2.05) is 13.1 Å². The normalized spacial score (nSPS) is 12.1. The lowest BCUT2D eigenvalue weighted by Crippen LogP contribution is -2.28. The zero-order valence-corrected chi connectivity index (χ0v) is 13.2. The molecule has 0 aromatic heterocycles. The number of rotatable bonds is 7. The van der Waals surface area contributed by atoms with E-state index in [0.29, 0.717) is 6.04 Å². The van der Waals surface area contributed by atoms with Gasteiger partial charge in [-0.25, -0.2) is 0 Å². The highest BCUT2D eigenvalue weighted by molar-refractivity contribution is 5.29. The molecule has 0 saturated carbocycles. The molecule has 1 N–H and O–H groups in total. The zero-order chi connectivity index (χ0) is 15.1. The van der Waals surface area contributed by atoms with Crippen LogP contribution in [0.15, 0.2) is 48.5 Å². The molecule has 1 unspecified atom stereocenters. The average molecular weight is 283 g/mol. The molecule has 0 heterocycles. The highest BCUT2D eigenvalue weighted by Crippen LogP contribution is 2.16. The summed E-state index contributed by atoms with van der Waals surface area (Å²) in [7, 11) is 3.76. The predicted octanol–water partition coefficient (Wildman–Crippen LogP) is 3.77. The van der Waals surface area contributed by atoms with Crippen molar-refractivity contribution in [1.29, 1.82) is 0 Å². The summed E-state index contributed by atoms with van der Waals surface area (Å²) in [6, 6.07) is 17.6. The first-order chi connectivity index (χ1) is 10.2. The van der Waals surface area contributed by atoms with Crippen LogP contribution in [-0.2, 0) is 12.8 Å². The Morgan fingerprint density at radius 1 is 1.05 bits per heavy atom. The van der Waals surface area contributed by atoms with Gasteiger partial charge in [-0.1, -0.05) is 42.0 Å². The van der Waals surface area contributed by atoms with E-state index in [1.54, 1.807) is 7.11 Å². The van der Waals surface area contributed by atoms with Crippen molar-refractivity contribution in [3.63, 3.8) is 0 Å². The van der Waals surface area contributed by atoms with Crippen LogP contribution < -0.4 is 10.1 Å². The van der Waals surface area contributed by atoms with E-state index in [2.05, 4.69) is 54.7 Å². The maximum absolute atomic E-state index is 5.29. The molecule has 0 bridgehead atoms. The van der Waals surface area contributed by atoms with Crippen molar-refractivity contribution in [2.45, 2.75) is 32.2 Å². The Kier molecular flexibility index (Phi) is 5.82. The molecule has 0 amide bonds. The van der Waals surface area contributed by atoms with Crippen LogP contribution in [0.1, 0.15) is 23.1 Å². The summed E-state index contributed by atoms with van der Waals surface area (Å²) in [6.07, 6.45) is 3.27. The monoisotopic (exact) mass is 283 g/mol. The first-order valence-corrected chi connectivity index (χ1v) is 7.57. The molecule has 0 saturated heterocycles. The van der Waals surface area contributed by atoms with E-state index >= 15 is 0 Å². The third-order valence-electron chi connectivity index (χ3n) is 3.89. The van der Waals surface area contributed by atoms with Crippen LogP contribution >= 0.6 is 0 Å². The molecule has 2 heteroatoms. The van der Waals surface area contributed by atoms with Crippen LogP contribution in [0.3, 0.4) is 0 Å². The number of ether oxygens (including phenoxy) is 1. The van der Waals surface area contributed by atoms with Crippen molar-refractivity contribution < 1.29 is 4.74 Å². The Morgan fingerprint density at radius 3 is 2.52 bits per heavy atom. The number of likely N-dealkylation sites (N-methyl/N-ethyl adjacent to an activating group) is 1. The topological polar surface area (TPSA) is 21.3 Å². The van der Waals surface area contributed by atoms with Crippen LogP contribution in [0.2, 0.25) is 0 Å². The summed E-state index contributed by atoms with van der Waals surface area (Å²) in [5, 5.41) is 3.43. The van der Waals surface area contributed by atoms with Gasteiger partial charge in [0.1, 0.15) is 5.75 Å². The molecule has 2 rings (SSSR count). The lowest BCUT2D eigenvalue weighted by Gasteiger charge is -2.17. The Balaban J connectivity index is 1.93. The van der Waals surface area contributed by atoms with Crippen LogP contribution in [0.5, 0.6) is 5.75 Å². The summed E-state index contributed by atoms with van der Waals surface area (Å²) in [5.41, 5.74) is 4.07. The second-order valence-corrected chi connectivity index (χ2v) is 5.57. The number of hydrogen-bond donors (Lipinski definition) is 1. The summed E-state index contributed by atoms with van der Waals surface area (Å²) in [6.45, 7) is 2.15. The molecular weight excluding hydrogens is 258 g/mol. The largest absolute Gasteiger partial charge is 0.497 e. The standard InChI is InChI=1S/C19H25NO/c1-15-6-4-7-16(12-15)10-11-18(20-2)13-17-8-5-9-19(14-17)21-3/h4-9,12,14,18,20H,10-11,13H2,1-3H3. The van der Waals surface area contributed by atoms with Crippen LogP contribution in [0.4, 0.5) is 0 Å². The molecule has 0 aliphatic rings. The van der Waals surface area contributed by atoms with E-state index in [9.17, 15) is 0 Å². The predicted molar refractivity (Wildman–Crippen MR) is 89.0 cm³/mol. The van der Waals surface area contributed by atoms with Crippen molar-refractivity contribution >= 4 is 0 Å². The molecular formula is C19H25NO. The molecule has 21 heavy (non-hydrogen) atoms. The van der Waals surface area contributed by atoms with Crippen molar-refractivity contribution in [1.82, 2.24) is 5.32 Å². The van der Waals surface area contributed by atoms with Gasteiger partial charge in [-0.15, -0.1) is 0 Å². The van der Waals surface area contributed by atoms with E-state index in [0.717, 1.165) is 25.0 Å². The molecule has 2 aromatic carbocycles. The lowest BCUT2D eigenvalue weighted by molar-refractivity contribution is 0.413. The first-order valence-electron chi connectivity index (χ1n) is 7.57. The highest BCUT2D eigenvalue weighted by atomic mass is 16.5. The van der Waals surface area contributed by atoms with Gasteiger partial charge in [-0.05, 0) is 56.5 Å². The van der Waals surface area contributed by atoms with E-state index in [-0.39, 0.29) is 0 Å². The number of benzene rings is 2. The summed E-state index contributed by atoms with van der Waals surface area (Å²) in [4.78, 5) is 0. The molecule has 0 aliphatic carbocycles. The van der Waals surface area contributed by atoms with Gasteiger partial charge in [0.15, 0.2) is 0 Å². The number of aryl methyl sites for hydroxylation is 2. The Bertz CT molecular complexity index is 565. The molecule has 0 fully saturated rings. The second kappa shape index (κ2) is 7.84. The van der Waals surface area contributed by atoms with Crippen molar-refractivity contribution in [3.8, 4) is 5.75 Å². The number of hydrogen-bond acceptors (Lipinski definition) is 2. The fraction of sp³-hybridized carbons (Fsp3) is 0.368. The third kappa shape index (κ3) is 4.91. The smallest absolute Gasteiger partial charge is 0.119 e.